The molecule has 6 nitrogen and oxygen atoms in total. The van der Waals surface area contributed by atoms with Crippen molar-refractivity contribution in [2.24, 2.45) is 0 Å². The minimum absolute atomic E-state index is 0.136. The first-order valence-corrected chi connectivity index (χ1v) is 6.65. The second-order valence-electron chi connectivity index (χ2n) is 3.56. The molecule has 7 heteroatoms. The summed E-state index contributed by atoms with van der Waals surface area (Å²) in [6, 6.07) is 7.57. The highest BCUT2D eigenvalue weighted by Gasteiger charge is 2.04. The first-order valence-electron chi connectivity index (χ1n) is 5.42. The van der Waals surface area contributed by atoms with Crippen molar-refractivity contribution in [3.05, 3.63) is 34.4 Å². The number of hydrogen-bond donors (Lipinski definition) is 2. The summed E-state index contributed by atoms with van der Waals surface area (Å²) in [6.07, 6.45) is 2.36. The third-order valence-corrected chi connectivity index (χ3v) is 2.92. The summed E-state index contributed by atoms with van der Waals surface area (Å²) in [6.45, 7) is -0.185. The van der Waals surface area contributed by atoms with Gasteiger partial charge in [-0.15, -0.1) is 11.8 Å². The largest absolute Gasteiger partial charge is 0.299 e. The van der Waals surface area contributed by atoms with Crippen LogP contribution < -0.4 is 10.9 Å². The molecule has 1 aromatic rings. The molecular formula is C11H15N3O3S. The van der Waals surface area contributed by atoms with Gasteiger partial charge in [0, 0.05) is 22.7 Å². The molecule has 0 spiro atoms. The van der Waals surface area contributed by atoms with Gasteiger partial charge in [0.2, 0.25) is 12.5 Å². The Labute approximate surface area is 109 Å². The second kappa shape index (κ2) is 7.54. The van der Waals surface area contributed by atoms with Crippen molar-refractivity contribution in [3.63, 3.8) is 0 Å². The molecule has 0 heterocycles. The van der Waals surface area contributed by atoms with Gasteiger partial charge in [0.25, 0.3) is 0 Å². The van der Waals surface area contributed by atoms with Crippen molar-refractivity contribution in [1.29, 1.82) is 0 Å². The molecular weight excluding hydrogens is 254 g/mol. The minimum atomic E-state index is -0.429. The van der Waals surface area contributed by atoms with Gasteiger partial charge in [0.15, 0.2) is 0 Å². The van der Waals surface area contributed by atoms with Crippen LogP contribution in [-0.2, 0) is 4.79 Å². The lowest BCUT2D eigenvalue weighted by Gasteiger charge is -2.08. The first-order chi connectivity index (χ1) is 8.61. The van der Waals surface area contributed by atoms with Crippen LogP contribution in [-0.4, -0.2) is 23.6 Å². The van der Waals surface area contributed by atoms with Crippen molar-refractivity contribution in [2.45, 2.75) is 17.7 Å². The van der Waals surface area contributed by atoms with E-state index in [1.54, 1.807) is 11.8 Å². The Balaban J connectivity index is 2.26. The van der Waals surface area contributed by atoms with E-state index in [4.69, 9.17) is 0 Å². The fraction of sp³-hybridized carbons (Fsp3) is 0.364. The van der Waals surface area contributed by atoms with Crippen LogP contribution in [0.5, 0.6) is 0 Å². The quantitative estimate of drug-likeness (QED) is 0.449. The van der Waals surface area contributed by atoms with Gasteiger partial charge in [-0.2, -0.15) is 0 Å². The predicted octanol–water partition coefficient (Wildman–Crippen LogP) is 1.91. The Morgan fingerprint density at radius 3 is 2.61 bits per heavy atom. The number of anilines is 1. The maximum Gasteiger partial charge on any atom is 0.238 e. The lowest BCUT2D eigenvalue weighted by Crippen LogP contribution is -2.29. The Morgan fingerprint density at radius 2 is 2.06 bits per heavy atom. The lowest BCUT2D eigenvalue weighted by atomic mass is 10.3. The van der Waals surface area contributed by atoms with Crippen LogP contribution >= 0.6 is 11.8 Å². The number of nitrogens with zero attached hydrogens (tertiary/aromatic N) is 1. The molecule has 0 atom stereocenters. The summed E-state index contributed by atoms with van der Waals surface area (Å²) in [5, 5.41) is 10.1. The lowest BCUT2D eigenvalue weighted by molar-refractivity contribution is -0.480. The number of thioether (sulfide) groups is 1. The monoisotopic (exact) mass is 269 g/mol. The molecule has 0 fully saturated rings. The standard InChI is InChI=1S/C11H15N3O3S/c1-18-10-6-4-9(5-7-10)12-13-11(15)3-2-8-14(16)17/h4-7,12H,2-3,8H2,1H3,(H,13,15). The van der Waals surface area contributed by atoms with Crippen LogP contribution in [0.25, 0.3) is 0 Å². The molecule has 18 heavy (non-hydrogen) atoms. The average molecular weight is 269 g/mol. The normalized spacial score (nSPS) is 9.83. The maximum atomic E-state index is 11.3. The number of nitrogens with one attached hydrogen (secondary N) is 2. The van der Waals surface area contributed by atoms with Crippen molar-refractivity contribution in [3.8, 4) is 0 Å². The van der Waals surface area contributed by atoms with E-state index >= 15 is 0 Å². The summed E-state index contributed by atoms with van der Waals surface area (Å²) in [4.78, 5) is 22.1. The molecule has 1 rings (SSSR count). The van der Waals surface area contributed by atoms with Gasteiger partial charge in [-0.3, -0.25) is 25.8 Å². The number of nitro groups is 1. The molecule has 0 aromatic heterocycles. The number of hydrogen-bond acceptors (Lipinski definition) is 5. The minimum Gasteiger partial charge on any atom is -0.299 e. The van der Waals surface area contributed by atoms with E-state index in [1.807, 2.05) is 30.5 Å². The van der Waals surface area contributed by atoms with Gasteiger partial charge in [-0.05, 0) is 30.5 Å². The van der Waals surface area contributed by atoms with Crippen molar-refractivity contribution in [2.75, 3.05) is 18.2 Å². The fourth-order valence-corrected chi connectivity index (χ4v) is 1.66. The van der Waals surface area contributed by atoms with Gasteiger partial charge >= 0.3 is 0 Å². The topological polar surface area (TPSA) is 84.3 Å². The second-order valence-corrected chi connectivity index (χ2v) is 4.44. The highest BCUT2D eigenvalue weighted by molar-refractivity contribution is 7.98. The smallest absolute Gasteiger partial charge is 0.238 e. The van der Waals surface area contributed by atoms with Crippen LogP contribution in [0, 0.1) is 10.1 Å². The highest BCUT2D eigenvalue weighted by Crippen LogP contribution is 2.16. The summed E-state index contributed by atoms with van der Waals surface area (Å²) < 4.78 is 0. The number of hydrazine groups is 1. The van der Waals surface area contributed by atoms with E-state index in [1.165, 1.54) is 0 Å². The van der Waals surface area contributed by atoms with E-state index in [0.29, 0.717) is 0 Å². The molecule has 2 N–H and O–H groups in total. The summed E-state index contributed by atoms with van der Waals surface area (Å²) in [7, 11) is 0. The maximum absolute atomic E-state index is 11.3. The summed E-state index contributed by atoms with van der Waals surface area (Å²) >= 11 is 1.64. The zero-order valence-corrected chi connectivity index (χ0v) is 10.8. The van der Waals surface area contributed by atoms with E-state index in [-0.39, 0.29) is 25.3 Å². The van der Waals surface area contributed by atoms with E-state index in [0.717, 1.165) is 10.6 Å². The molecule has 0 aliphatic carbocycles. The molecule has 0 aliphatic heterocycles. The number of carbonyl (C=O) groups excluding carboxylic acids is 1. The van der Waals surface area contributed by atoms with Crippen LogP contribution in [0.1, 0.15) is 12.8 Å². The van der Waals surface area contributed by atoms with Crippen molar-refractivity contribution >= 4 is 23.4 Å². The Morgan fingerprint density at radius 1 is 1.39 bits per heavy atom. The molecule has 0 unspecified atom stereocenters. The fourth-order valence-electron chi connectivity index (χ4n) is 1.25. The number of amides is 1. The van der Waals surface area contributed by atoms with Crippen LogP contribution in [0.4, 0.5) is 5.69 Å². The number of carbonyl (C=O) groups is 1. The third kappa shape index (κ3) is 5.53. The average Bonchev–Trinajstić information content (AvgIpc) is 2.36. The molecule has 0 saturated carbocycles. The zero-order chi connectivity index (χ0) is 13.4. The number of benzene rings is 1. The van der Waals surface area contributed by atoms with Gasteiger partial charge < -0.3 is 0 Å². The molecule has 0 radical (unpaired) electrons. The van der Waals surface area contributed by atoms with Crippen molar-refractivity contribution in [1.82, 2.24) is 5.43 Å². The van der Waals surface area contributed by atoms with E-state index in [9.17, 15) is 14.9 Å². The van der Waals surface area contributed by atoms with Gasteiger partial charge in [0.05, 0.1) is 5.69 Å². The predicted molar refractivity (Wildman–Crippen MR) is 71.1 cm³/mol. The summed E-state index contributed by atoms with van der Waals surface area (Å²) in [5.41, 5.74) is 6.02. The number of rotatable bonds is 7. The SMILES string of the molecule is CSc1ccc(NNC(=O)CCC[N+](=O)[O-])cc1. The molecule has 0 aliphatic rings. The first kappa shape index (κ1) is 14.3. The Kier molecular flexibility index (Phi) is 5.99. The van der Waals surface area contributed by atoms with E-state index < -0.39 is 4.92 Å². The Bertz CT molecular complexity index is 408. The van der Waals surface area contributed by atoms with Crippen molar-refractivity contribution < 1.29 is 9.72 Å². The molecule has 98 valence electrons. The van der Waals surface area contributed by atoms with Gasteiger partial charge in [-0.25, -0.2) is 0 Å². The molecule has 0 saturated heterocycles. The van der Waals surface area contributed by atoms with Crippen LogP contribution in [0.15, 0.2) is 29.2 Å². The molecule has 0 bridgehead atoms. The molecule has 1 aromatic carbocycles. The van der Waals surface area contributed by atoms with Gasteiger partial charge in [-0.1, -0.05) is 0 Å². The Hall–Kier alpha value is -1.76. The molecule has 1 amide bonds. The highest BCUT2D eigenvalue weighted by atomic mass is 32.2. The zero-order valence-electron chi connectivity index (χ0n) is 10.0. The van der Waals surface area contributed by atoms with Gasteiger partial charge in [0.1, 0.15) is 0 Å². The van der Waals surface area contributed by atoms with Crippen LogP contribution in [0.3, 0.4) is 0 Å². The van der Waals surface area contributed by atoms with E-state index in [2.05, 4.69) is 10.9 Å². The summed E-state index contributed by atoms with van der Waals surface area (Å²) in [5.74, 6) is -0.259. The third-order valence-electron chi connectivity index (χ3n) is 2.18. The van der Waals surface area contributed by atoms with Crippen LogP contribution in [0.2, 0.25) is 0 Å².